The van der Waals surface area contributed by atoms with Gasteiger partial charge in [0.05, 0.1) is 10.8 Å². The summed E-state index contributed by atoms with van der Waals surface area (Å²) in [5.41, 5.74) is 0.805. The van der Waals surface area contributed by atoms with Crippen LogP contribution in [0.4, 0.5) is 5.13 Å². The van der Waals surface area contributed by atoms with E-state index in [0.29, 0.717) is 56.4 Å². The average Bonchev–Trinajstić information content (AvgIpc) is 3.36. The van der Waals surface area contributed by atoms with Gasteiger partial charge in [0.15, 0.2) is 5.13 Å². The van der Waals surface area contributed by atoms with Crippen molar-refractivity contribution in [2.24, 2.45) is 11.8 Å². The molecule has 0 radical (unpaired) electrons. The molecule has 33 heavy (non-hydrogen) atoms. The van der Waals surface area contributed by atoms with E-state index in [4.69, 9.17) is 9.47 Å². The lowest BCUT2D eigenvalue weighted by atomic mass is 9.84. The Bertz CT molecular complexity index is 984. The van der Waals surface area contributed by atoms with Crippen molar-refractivity contribution in [1.29, 1.82) is 0 Å². The van der Waals surface area contributed by atoms with E-state index in [9.17, 15) is 13.2 Å². The summed E-state index contributed by atoms with van der Waals surface area (Å²) in [5.74, 6) is 0.176. The second-order valence-electron chi connectivity index (χ2n) is 8.65. The highest BCUT2D eigenvalue weighted by Gasteiger charge is 2.27. The van der Waals surface area contributed by atoms with Gasteiger partial charge in [0.1, 0.15) is 0 Å². The molecule has 1 unspecified atom stereocenters. The molecule has 4 rings (SSSR count). The molecule has 0 aliphatic carbocycles. The second kappa shape index (κ2) is 11.5. The average molecular weight is 494 g/mol. The molecule has 2 N–H and O–H groups in total. The molecule has 1 aromatic heterocycles. The van der Waals surface area contributed by atoms with Crippen molar-refractivity contribution in [3.05, 3.63) is 41.4 Å². The summed E-state index contributed by atoms with van der Waals surface area (Å²) < 4.78 is 39.1. The minimum absolute atomic E-state index is 0.121. The Balaban J connectivity index is 1.46. The minimum atomic E-state index is -3.61. The summed E-state index contributed by atoms with van der Waals surface area (Å²) in [7, 11) is -3.61. The maximum absolute atomic E-state index is 13.1. The van der Waals surface area contributed by atoms with Gasteiger partial charge in [0, 0.05) is 44.5 Å². The summed E-state index contributed by atoms with van der Waals surface area (Å²) in [5, 5.41) is 5.29. The summed E-state index contributed by atoms with van der Waals surface area (Å²) in [4.78, 5) is 17.5. The topological polar surface area (TPSA) is 107 Å². The van der Waals surface area contributed by atoms with E-state index in [1.807, 2.05) is 5.38 Å². The zero-order valence-corrected chi connectivity index (χ0v) is 20.2. The van der Waals surface area contributed by atoms with Crippen molar-refractivity contribution < 1.29 is 22.7 Å². The van der Waals surface area contributed by atoms with Crippen molar-refractivity contribution in [2.75, 3.05) is 38.3 Å². The Kier molecular flexibility index (Phi) is 8.48. The van der Waals surface area contributed by atoms with Crippen LogP contribution in [-0.4, -0.2) is 52.3 Å². The number of anilines is 1. The van der Waals surface area contributed by atoms with E-state index < -0.39 is 10.0 Å². The normalized spacial score (nSPS) is 19.3. The van der Waals surface area contributed by atoms with Crippen LogP contribution in [0.2, 0.25) is 0 Å². The van der Waals surface area contributed by atoms with Crippen molar-refractivity contribution in [3.8, 4) is 0 Å². The number of carbonyl (C=O) groups excluding carboxylic acids is 1. The number of rotatable bonds is 9. The Hall–Kier alpha value is -1.85. The highest BCUT2D eigenvalue weighted by atomic mass is 32.2. The Morgan fingerprint density at radius 2 is 1.67 bits per heavy atom. The van der Waals surface area contributed by atoms with Crippen LogP contribution in [0, 0.1) is 11.8 Å². The van der Waals surface area contributed by atoms with Gasteiger partial charge in [-0.1, -0.05) is 12.1 Å². The molecule has 2 aromatic rings. The lowest BCUT2D eigenvalue weighted by Gasteiger charge is -2.26. The molecule has 8 nitrogen and oxygen atoms in total. The number of hydrogen-bond acceptors (Lipinski definition) is 7. The van der Waals surface area contributed by atoms with Crippen LogP contribution in [0.1, 0.15) is 43.6 Å². The molecule has 180 valence electrons. The fourth-order valence-corrected chi connectivity index (χ4v) is 5.98. The Labute approximate surface area is 199 Å². The molecule has 1 amide bonds. The van der Waals surface area contributed by atoms with E-state index >= 15 is 0 Å². The minimum Gasteiger partial charge on any atom is -0.381 e. The molecule has 1 aromatic carbocycles. The van der Waals surface area contributed by atoms with E-state index in [0.717, 1.165) is 31.2 Å². The van der Waals surface area contributed by atoms with E-state index in [1.54, 1.807) is 30.5 Å². The number of thiazole rings is 1. The molecule has 0 spiro atoms. The molecule has 0 saturated carbocycles. The summed E-state index contributed by atoms with van der Waals surface area (Å²) >= 11 is 1.37. The summed E-state index contributed by atoms with van der Waals surface area (Å²) in [6, 6.07) is 6.70. The van der Waals surface area contributed by atoms with Crippen LogP contribution in [-0.2, 0) is 24.3 Å². The number of nitrogens with zero attached hydrogens (tertiary/aromatic N) is 1. The monoisotopic (exact) mass is 493 g/mol. The molecule has 1 atom stereocenters. The first-order valence-corrected chi connectivity index (χ1v) is 13.8. The second-order valence-corrected chi connectivity index (χ2v) is 11.3. The third-order valence-electron chi connectivity index (χ3n) is 6.38. The molecule has 2 aliphatic heterocycles. The number of hydrogen-bond donors (Lipinski definition) is 2. The number of ether oxygens (including phenoxy) is 2. The van der Waals surface area contributed by atoms with Crippen molar-refractivity contribution in [2.45, 2.75) is 42.9 Å². The number of sulfonamides is 1. The zero-order chi connectivity index (χ0) is 23.1. The van der Waals surface area contributed by atoms with Crippen LogP contribution in [0.3, 0.4) is 0 Å². The van der Waals surface area contributed by atoms with Crippen LogP contribution < -0.4 is 10.0 Å². The predicted octanol–water partition coefficient (Wildman–Crippen LogP) is 3.39. The van der Waals surface area contributed by atoms with Crippen LogP contribution in [0.5, 0.6) is 0 Å². The van der Waals surface area contributed by atoms with E-state index in [-0.39, 0.29) is 16.7 Å². The van der Waals surface area contributed by atoms with Crippen LogP contribution in [0.15, 0.2) is 40.7 Å². The third-order valence-corrected chi connectivity index (χ3v) is 8.51. The van der Waals surface area contributed by atoms with Crippen molar-refractivity contribution in [3.63, 3.8) is 0 Å². The summed E-state index contributed by atoms with van der Waals surface area (Å²) in [6.45, 7) is 3.19. The first-order valence-electron chi connectivity index (χ1n) is 11.5. The lowest BCUT2D eigenvalue weighted by Crippen LogP contribution is -2.32. The lowest BCUT2D eigenvalue weighted by molar-refractivity contribution is -0.118. The highest BCUT2D eigenvalue weighted by Crippen LogP contribution is 2.31. The Morgan fingerprint density at radius 1 is 1.03 bits per heavy atom. The quantitative estimate of drug-likeness (QED) is 0.555. The molecule has 2 saturated heterocycles. The van der Waals surface area contributed by atoms with Gasteiger partial charge in [-0.25, -0.2) is 18.1 Å². The fourth-order valence-electron chi connectivity index (χ4n) is 4.33. The zero-order valence-electron chi connectivity index (χ0n) is 18.6. The van der Waals surface area contributed by atoms with Gasteiger partial charge in [-0.3, -0.25) is 4.79 Å². The molecule has 0 bridgehead atoms. The van der Waals surface area contributed by atoms with E-state index in [2.05, 4.69) is 15.0 Å². The first-order chi connectivity index (χ1) is 16.0. The van der Waals surface area contributed by atoms with Gasteiger partial charge in [-0.2, -0.15) is 0 Å². The van der Waals surface area contributed by atoms with Crippen molar-refractivity contribution in [1.82, 2.24) is 9.71 Å². The summed E-state index contributed by atoms with van der Waals surface area (Å²) in [6.07, 6.45) is 5.91. The van der Waals surface area contributed by atoms with Crippen molar-refractivity contribution >= 4 is 32.4 Å². The highest BCUT2D eigenvalue weighted by molar-refractivity contribution is 7.89. The largest absolute Gasteiger partial charge is 0.381 e. The molecule has 3 heterocycles. The maximum atomic E-state index is 13.1. The molecule has 2 fully saturated rings. The third kappa shape index (κ3) is 6.83. The maximum Gasteiger partial charge on any atom is 0.240 e. The number of nitrogens with one attached hydrogen (secondary N) is 2. The molecule has 2 aliphatic rings. The van der Waals surface area contributed by atoms with Gasteiger partial charge in [0.2, 0.25) is 15.9 Å². The number of amides is 1. The Morgan fingerprint density at radius 3 is 2.27 bits per heavy atom. The standard InChI is InChI=1S/C23H31N3O5S2/c27-22(26-23-24-9-14-32-23)21(15-17-5-10-30-11-6-17)19-1-3-20(4-2-19)33(28,29)25-16-18-7-12-31-13-8-18/h1-4,9,14,17-18,21,25H,5-8,10-13,15-16H2,(H,24,26,27). The van der Waals surface area contributed by atoms with Gasteiger partial charge < -0.3 is 14.8 Å². The molecule has 10 heteroatoms. The van der Waals surface area contributed by atoms with Crippen LogP contribution >= 0.6 is 11.3 Å². The first kappa shape index (κ1) is 24.3. The fraction of sp³-hybridized carbons (Fsp3) is 0.565. The molecular weight excluding hydrogens is 462 g/mol. The molecular formula is C23H31N3O5S2. The smallest absolute Gasteiger partial charge is 0.240 e. The number of aromatic nitrogens is 1. The van der Waals surface area contributed by atoms with Gasteiger partial charge >= 0.3 is 0 Å². The van der Waals surface area contributed by atoms with E-state index in [1.165, 1.54) is 11.3 Å². The van der Waals surface area contributed by atoms with Gasteiger partial charge in [-0.15, -0.1) is 11.3 Å². The number of carbonyl (C=O) groups is 1. The SMILES string of the molecule is O=C(Nc1nccs1)C(CC1CCOCC1)c1ccc(S(=O)(=O)NCC2CCOCC2)cc1. The predicted molar refractivity (Wildman–Crippen MR) is 127 cm³/mol. The van der Waals surface area contributed by atoms with Gasteiger partial charge in [0.25, 0.3) is 0 Å². The number of benzene rings is 1. The van der Waals surface area contributed by atoms with Crippen LogP contribution in [0.25, 0.3) is 0 Å². The van der Waals surface area contributed by atoms with Gasteiger partial charge in [-0.05, 0) is 61.6 Å².